The molecule has 4 nitrogen and oxygen atoms in total. The van der Waals surface area contributed by atoms with Crippen LogP contribution in [0.1, 0.15) is 11.3 Å². The number of benzene rings is 1. The third-order valence-corrected chi connectivity index (χ3v) is 2.52. The molecule has 1 heterocycles. The Hall–Kier alpha value is -2.02. The second kappa shape index (κ2) is 5.54. The Morgan fingerprint density at radius 1 is 1.20 bits per heavy atom. The highest BCUT2D eigenvalue weighted by Gasteiger charge is 2.33. The second-order valence-electron chi connectivity index (χ2n) is 3.87. The van der Waals surface area contributed by atoms with Gasteiger partial charge in [0.05, 0.1) is 0 Å². The zero-order valence-corrected chi connectivity index (χ0v) is 10.7. The number of nitrogens with zero attached hydrogens (tertiary/aromatic N) is 2. The lowest BCUT2D eigenvalue weighted by Crippen LogP contribution is -2.11. The number of nitrogen functional groups attached to an aromatic ring is 1. The van der Waals surface area contributed by atoms with Crippen molar-refractivity contribution in [3.8, 4) is 5.88 Å². The van der Waals surface area contributed by atoms with Crippen LogP contribution in [0.25, 0.3) is 0 Å². The van der Waals surface area contributed by atoms with E-state index in [1.165, 1.54) is 0 Å². The fraction of sp³-hybridized carbons (Fsp3) is 0.167. The van der Waals surface area contributed by atoms with Crippen LogP contribution in [0.3, 0.4) is 0 Å². The van der Waals surface area contributed by atoms with Gasteiger partial charge in [0.1, 0.15) is 6.61 Å². The molecule has 1 aromatic carbocycles. The summed E-state index contributed by atoms with van der Waals surface area (Å²) in [5.41, 5.74) is 4.78. The highest BCUT2D eigenvalue weighted by atomic mass is 35.5. The molecule has 8 heteroatoms. The van der Waals surface area contributed by atoms with Crippen LogP contribution in [0.15, 0.2) is 30.3 Å². The highest BCUT2D eigenvalue weighted by Crippen LogP contribution is 2.30. The fourth-order valence-electron chi connectivity index (χ4n) is 1.45. The molecule has 0 spiro atoms. The highest BCUT2D eigenvalue weighted by molar-refractivity contribution is 6.30. The second-order valence-corrected chi connectivity index (χ2v) is 4.30. The molecule has 20 heavy (non-hydrogen) atoms. The predicted molar refractivity (Wildman–Crippen MR) is 67.2 cm³/mol. The Balaban J connectivity index is 2.16. The molecule has 0 aliphatic carbocycles. The van der Waals surface area contributed by atoms with Crippen LogP contribution in [-0.2, 0) is 12.8 Å². The van der Waals surface area contributed by atoms with Crippen LogP contribution < -0.4 is 10.5 Å². The Morgan fingerprint density at radius 2 is 1.95 bits per heavy atom. The molecule has 0 amide bonds. The van der Waals surface area contributed by atoms with Crippen LogP contribution in [-0.4, -0.2) is 9.97 Å². The Labute approximate surface area is 117 Å². The van der Waals surface area contributed by atoms with Gasteiger partial charge in [0.2, 0.25) is 11.8 Å². The predicted octanol–water partition coefficient (Wildman–Crippen LogP) is 3.31. The van der Waals surface area contributed by atoms with Crippen LogP contribution in [0, 0.1) is 0 Å². The molecule has 106 valence electrons. The van der Waals surface area contributed by atoms with E-state index in [1.54, 1.807) is 24.3 Å². The van der Waals surface area contributed by atoms with E-state index in [0.29, 0.717) is 16.7 Å². The molecule has 0 fully saturated rings. The standard InChI is InChI=1S/C12H9ClF3N3O/c13-8-3-1-2-7(4-8)6-20-10-5-9(12(14,15)16)18-11(17)19-10/h1-5H,6H2,(H2,17,18,19). The fourth-order valence-corrected chi connectivity index (χ4v) is 1.66. The van der Waals surface area contributed by atoms with Crippen molar-refractivity contribution in [2.75, 3.05) is 5.73 Å². The van der Waals surface area contributed by atoms with Crippen LogP contribution in [0.5, 0.6) is 5.88 Å². The molecule has 0 radical (unpaired) electrons. The van der Waals surface area contributed by atoms with Gasteiger partial charge in [-0.2, -0.15) is 18.2 Å². The van der Waals surface area contributed by atoms with E-state index in [1.807, 2.05) is 0 Å². The monoisotopic (exact) mass is 303 g/mol. The molecule has 2 aromatic rings. The van der Waals surface area contributed by atoms with Crippen molar-refractivity contribution < 1.29 is 17.9 Å². The summed E-state index contributed by atoms with van der Waals surface area (Å²) < 4.78 is 42.8. The van der Waals surface area contributed by atoms with Crippen molar-refractivity contribution in [2.45, 2.75) is 12.8 Å². The lowest BCUT2D eigenvalue weighted by atomic mass is 10.2. The number of aromatic nitrogens is 2. The number of alkyl halides is 3. The van der Waals surface area contributed by atoms with Crippen molar-refractivity contribution >= 4 is 17.5 Å². The maximum absolute atomic E-state index is 12.5. The molecule has 2 N–H and O–H groups in total. The van der Waals surface area contributed by atoms with E-state index in [-0.39, 0.29) is 12.5 Å². The van der Waals surface area contributed by atoms with Crippen molar-refractivity contribution in [1.29, 1.82) is 0 Å². The van der Waals surface area contributed by atoms with Gasteiger partial charge in [0.25, 0.3) is 0 Å². The minimum absolute atomic E-state index is 0.0221. The summed E-state index contributed by atoms with van der Waals surface area (Å²) in [5.74, 6) is -0.745. The normalized spacial score (nSPS) is 11.4. The summed E-state index contributed by atoms with van der Waals surface area (Å²) in [7, 11) is 0. The lowest BCUT2D eigenvalue weighted by Gasteiger charge is -2.10. The van der Waals surface area contributed by atoms with Gasteiger partial charge in [-0.05, 0) is 17.7 Å². The van der Waals surface area contributed by atoms with E-state index >= 15 is 0 Å². The van der Waals surface area contributed by atoms with E-state index in [9.17, 15) is 13.2 Å². The summed E-state index contributed by atoms with van der Waals surface area (Å²) >= 11 is 5.79. The Morgan fingerprint density at radius 3 is 2.60 bits per heavy atom. The van der Waals surface area contributed by atoms with Gasteiger partial charge in [-0.1, -0.05) is 23.7 Å². The van der Waals surface area contributed by atoms with Crippen molar-refractivity contribution in [3.63, 3.8) is 0 Å². The van der Waals surface area contributed by atoms with Gasteiger partial charge in [-0.25, -0.2) is 4.98 Å². The van der Waals surface area contributed by atoms with Crippen molar-refractivity contribution in [1.82, 2.24) is 9.97 Å². The number of hydrogen-bond donors (Lipinski definition) is 1. The van der Waals surface area contributed by atoms with E-state index < -0.39 is 17.8 Å². The molecule has 2 rings (SSSR count). The van der Waals surface area contributed by atoms with Gasteiger partial charge in [0, 0.05) is 11.1 Å². The minimum atomic E-state index is -4.61. The minimum Gasteiger partial charge on any atom is -0.473 e. The van der Waals surface area contributed by atoms with Crippen LogP contribution in [0.4, 0.5) is 19.1 Å². The molecular formula is C12H9ClF3N3O. The number of hydrogen-bond acceptors (Lipinski definition) is 4. The van der Waals surface area contributed by atoms with Gasteiger partial charge in [0.15, 0.2) is 5.69 Å². The molecule has 0 aliphatic rings. The third-order valence-electron chi connectivity index (χ3n) is 2.29. The number of rotatable bonds is 3. The quantitative estimate of drug-likeness (QED) is 0.945. The summed E-state index contributed by atoms with van der Waals surface area (Å²) in [6, 6.07) is 7.44. The Bertz CT molecular complexity index is 619. The third kappa shape index (κ3) is 3.74. The maximum atomic E-state index is 12.5. The number of ether oxygens (including phenoxy) is 1. The zero-order chi connectivity index (χ0) is 14.8. The van der Waals surface area contributed by atoms with Crippen LogP contribution >= 0.6 is 11.6 Å². The molecule has 0 saturated heterocycles. The van der Waals surface area contributed by atoms with Crippen molar-refractivity contribution in [2.24, 2.45) is 0 Å². The summed E-state index contributed by atoms with van der Waals surface area (Å²) in [5, 5.41) is 0.504. The zero-order valence-electron chi connectivity index (χ0n) is 9.99. The van der Waals surface area contributed by atoms with Crippen molar-refractivity contribution in [3.05, 3.63) is 46.6 Å². The number of halogens is 4. The molecular weight excluding hydrogens is 295 g/mol. The van der Waals surface area contributed by atoms with E-state index in [4.69, 9.17) is 22.1 Å². The SMILES string of the molecule is Nc1nc(OCc2cccc(Cl)c2)cc(C(F)(F)F)n1. The first-order chi connectivity index (χ1) is 9.34. The molecule has 0 atom stereocenters. The largest absolute Gasteiger partial charge is 0.473 e. The van der Waals surface area contributed by atoms with Gasteiger partial charge in [-0.3, -0.25) is 0 Å². The first kappa shape index (κ1) is 14.4. The van der Waals surface area contributed by atoms with Crippen LogP contribution in [0.2, 0.25) is 5.02 Å². The Kier molecular flexibility index (Phi) is 3.99. The first-order valence-electron chi connectivity index (χ1n) is 5.43. The van der Waals surface area contributed by atoms with Gasteiger partial charge >= 0.3 is 6.18 Å². The number of anilines is 1. The number of nitrogens with two attached hydrogens (primary N) is 1. The summed E-state index contributed by atoms with van der Waals surface area (Å²) in [4.78, 5) is 6.71. The summed E-state index contributed by atoms with van der Waals surface area (Å²) in [6.45, 7) is 0.0221. The summed E-state index contributed by atoms with van der Waals surface area (Å²) in [6.07, 6.45) is -4.61. The molecule has 1 aromatic heterocycles. The van der Waals surface area contributed by atoms with Gasteiger partial charge < -0.3 is 10.5 Å². The van der Waals surface area contributed by atoms with E-state index in [2.05, 4.69) is 9.97 Å². The molecule has 0 bridgehead atoms. The molecule has 0 saturated carbocycles. The topological polar surface area (TPSA) is 61.0 Å². The lowest BCUT2D eigenvalue weighted by molar-refractivity contribution is -0.141. The maximum Gasteiger partial charge on any atom is 0.433 e. The first-order valence-corrected chi connectivity index (χ1v) is 5.81. The van der Waals surface area contributed by atoms with E-state index in [0.717, 1.165) is 0 Å². The average Bonchev–Trinajstić information content (AvgIpc) is 2.35. The molecule has 0 aliphatic heterocycles. The molecule has 0 unspecified atom stereocenters. The van der Waals surface area contributed by atoms with Gasteiger partial charge in [-0.15, -0.1) is 0 Å². The average molecular weight is 304 g/mol. The smallest absolute Gasteiger partial charge is 0.433 e.